The van der Waals surface area contributed by atoms with Gasteiger partial charge in [0.25, 0.3) is 0 Å². The van der Waals surface area contributed by atoms with E-state index in [0.29, 0.717) is 12.8 Å². The summed E-state index contributed by atoms with van der Waals surface area (Å²) in [6.07, 6.45) is 1.11. The summed E-state index contributed by atoms with van der Waals surface area (Å²) in [5.41, 5.74) is -0.293. The predicted molar refractivity (Wildman–Crippen MR) is 68.3 cm³/mol. The molecule has 0 saturated heterocycles. The van der Waals surface area contributed by atoms with Crippen LogP contribution in [0.4, 0.5) is 10.1 Å². The van der Waals surface area contributed by atoms with Gasteiger partial charge >= 0.3 is 5.97 Å². The highest BCUT2D eigenvalue weighted by molar-refractivity contribution is 7.93. The minimum Gasteiger partial charge on any atom is -0.465 e. The SMILES string of the molecule is COC(=O)c1cc(Cl)c(F)cc1NS(=O)(=O)C1CC1. The molecule has 1 aliphatic carbocycles. The Morgan fingerprint density at radius 2 is 2.11 bits per heavy atom. The van der Waals surface area contributed by atoms with E-state index in [0.717, 1.165) is 19.2 Å². The molecule has 1 N–H and O–H groups in total. The summed E-state index contributed by atoms with van der Waals surface area (Å²) in [6.45, 7) is 0. The number of hydrogen-bond donors (Lipinski definition) is 1. The molecule has 1 fully saturated rings. The van der Waals surface area contributed by atoms with Crippen LogP contribution in [0.5, 0.6) is 0 Å². The third kappa shape index (κ3) is 2.98. The highest BCUT2D eigenvalue weighted by Crippen LogP contribution is 2.32. The third-order valence-electron chi connectivity index (χ3n) is 2.68. The first-order chi connectivity index (χ1) is 8.85. The number of hydrogen-bond acceptors (Lipinski definition) is 4. The molecule has 0 aromatic heterocycles. The zero-order valence-corrected chi connectivity index (χ0v) is 11.5. The van der Waals surface area contributed by atoms with Gasteiger partial charge in [0.05, 0.1) is 28.6 Å². The van der Waals surface area contributed by atoms with Gasteiger partial charge in [-0.2, -0.15) is 0 Å². The summed E-state index contributed by atoms with van der Waals surface area (Å²) in [7, 11) is -2.46. The molecule has 1 aromatic rings. The first kappa shape index (κ1) is 14.1. The smallest absolute Gasteiger partial charge is 0.340 e. The van der Waals surface area contributed by atoms with Gasteiger partial charge in [-0.15, -0.1) is 0 Å². The Bertz CT molecular complexity index is 628. The van der Waals surface area contributed by atoms with E-state index in [2.05, 4.69) is 9.46 Å². The first-order valence-corrected chi connectivity index (χ1v) is 7.36. The van der Waals surface area contributed by atoms with Gasteiger partial charge in [-0.05, 0) is 18.9 Å². The van der Waals surface area contributed by atoms with Crippen molar-refractivity contribution in [2.75, 3.05) is 11.8 Å². The normalized spacial score (nSPS) is 15.1. The highest BCUT2D eigenvalue weighted by atomic mass is 35.5. The lowest BCUT2D eigenvalue weighted by Gasteiger charge is -2.11. The summed E-state index contributed by atoms with van der Waals surface area (Å²) in [6, 6.07) is 1.90. The molecule has 1 aromatic carbocycles. The van der Waals surface area contributed by atoms with Crippen molar-refractivity contribution in [3.05, 3.63) is 28.5 Å². The van der Waals surface area contributed by atoms with Crippen LogP contribution in [0.1, 0.15) is 23.2 Å². The number of nitrogens with one attached hydrogen (secondary N) is 1. The van der Waals surface area contributed by atoms with E-state index < -0.39 is 27.1 Å². The second kappa shape index (κ2) is 4.97. The molecule has 0 aliphatic heterocycles. The molecule has 0 atom stereocenters. The monoisotopic (exact) mass is 307 g/mol. The average Bonchev–Trinajstić information content (AvgIpc) is 3.16. The van der Waals surface area contributed by atoms with Gasteiger partial charge in [-0.25, -0.2) is 17.6 Å². The number of methoxy groups -OCH3 is 1. The number of anilines is 1. The Labute approximate surface area is 114 Å². The molecule has 0 radical (unpaired) electrons. The number of halogens is 2. The van der Waals surface area contributed by atoms with Crippen molar-refractivity contribution in [2.24, 2.45) is 0 Å². The molecule has 0 spiro atoms. The van der Waals surface area contributed by atoms with E-state index in [1.165, 1.54) is 0 Å². The highest BCUT2D eigenvalue weighted by Gasteiger charge is 2.36. The molecule has 0 amide bonds. The summed E-state index contributed by atoms with van der Waals surface area (Å²) < 4.78 is 43.7. The van der Waals surface area contributed by atoms with Crippen molar-refractivity contribution in [3.63, 3.8) is 0 Å². The number of carbonyl (C=O) groups is 1. The molecular weight excluding hydrogens is 297 g/mol. The molecule has 1 aliphatic rings. The van der Waals surface area contributed by atoms with Crippen molar-refractivity contribution < 1.29 is 22.3 Å². The fourth-order valence-electron chi connectivity index (χ4n) is 1.53. The lowest BCUT2D eigenvalue weighted by atomic mass is 10.2. The molecule has 8 heteroatoms. The maximum Gasteiger partial charge on any atom is 0.340 e. The lowest BCUT2D eigenvalue weighted by Crippen LogP contribution is -2.19. The number of carbonyl (C=O) groups excluding carboxylic acids is 1. The van der Waals surface area contributed by atoms with E-state index >= 15 is 0 Å². The molecule has 0 bridgehead atoms. The molecule has 1 saturated carbocycles. The van der Waals surface area contributed by atoms with Crippen LogP contribution < -0.4 is 4.72 Å². The van der Waals surface area contributed by atoms with Gasteiger partial charge in [0.1, 0.15) is 5.82 Å². The summed E-state index contributed by atoms with van der Waals surface area (Å²) >= 11 is 5.57. The van der Waals surface area contributed by atoms with Gasteiger partial charge in [0.15, 0.2) is 0 Å². The topological polar surface area (TPSA) is 72.5 Å². The lowest BCUT2D eigenvalue weighted by molar-refractivity contribution is 0.0602. The van der Waals surface area contributed by atoms with Crippen LogP contribution in [-0.2, 0) is 14.8 Å². The third-order valence-corrected chi connectivity index (χ3v) is 4.82. The fourth-order valence-corrected chi connectivity index (χ4v) is 3.09. The van der Waals surface area contributed by atoms with Gasteiger partial charge < -0.3 is 4.74 Å². The minimum atomic E-state index is -3.60. The number of rotatable bonds is 4. The van der Waals surface area contributed by atoms with E-state index in [4.69, 9.17) is 11.6 Å². The Morgan fingerprint density at radius 3 is 2.63 bits per heavy atom. The van der Waals surface area contributed by atoms with E-state index in [-0.39, 0.29) is 16.3 Å². The van der Waals surface area contributed by atoms with Crippen LogP contribution >= 0.6 is 11.6 Å². The first-order valence-electron chi connectivity index (χ1n) is 5.44. The maximum atomic E-state index is 13.4. The second-order valence-electron chi connectivity index (χ2n) is 4.15. The van der Waals surface area contributed by atoms with Gasteiger partial charge in [-0.1, -0.05) is 11.6 Å². The number of ether oxygens (including phenoxy) is 1. The van der Waals surface area contributed by atoms with Crippen LogP contribution in [0.3, 0.4) is 0 Å². The Kier molecular flexibility index (Phi) is 3.69. The molecule has 19 heavy (non-hydrogen) atoms. The van der Waals surface area contributed by atoms with Crippen LogP contribution in [-0.4, -0.2) is 26.7 Å². The molecular formula is C11H11ClFNO4S. The Hall–Kier alpha value is -1.34. The summed E-state index contributed by atoms with van der Waals surface area (Å²) in [4.78, 5) is 11.5. The second-order valence-corrected chi connectivity index (χ2v) is 6.52. The molecule has 5 nitrogen and oxygen atoms in total. The standard InChI is InChI=1S/C11H11ClFNO4S/c1-18-11(15)7-4-8(12)9(13)5-10(7)14-19(16,17)6-2-3-6/h4-6,14H,2-3H2,1H3. The predicted octanol–water partition coefficient (Wildman–Crippen LogP) is 2.17. The Morgan fingerprint density at radius 1 is 1.47 bits per heavy atom. The zero-order chi connectivity index (χ0) is 14.2. The Balaban J connectivity index is 2.43. The van der Waals surface area contributed by atoms with E-state index in [1.807, 2.05) is 0 Å². The van der Waals surface area contributed by atoms with Crippen molar-refractivity contribution in [3.8, 4) is 0 Å². The van der Waals surface area contributed by atoms with E-state index in [9.17, 15) is 17.6 Å². The van der Waals surface area contributed by atoms with Crippen molar-refractivity contribution in [2.45, 2.75) is 18.1 Å². The van der Waals surface area contributed by atoms with Crippen molar-refractivity contribution in [1.82, 2.24) is 0 Å². The van der Waals surface area contributed by atoms with E-state index in [1.54, 1.807) is 0 Å². The summed E-state index contributed by atoms with van der Waals surface area (Å²) in [5, 5.41) is -0.772. The number of benzene rings is 1. The maximum absolute atomic E-state index is 13.4. The largest absolute Gasteiger partial charge is 0.465 e. The average molecular weight is 308 g/mol. The van der Waals surface area contributed by atoms with Crippen LogP contribution in [0, 0.1) is 5.82 Å². The van der Waals surface area contributed by atoms with Crippen molar-refractivity contribution >= 4 is 33.3 Å². The fraction of sp³-hybridized carbons (Fsp3) is 0.364. The van der Waals surface area contributed by atoms with Crippen molar-refractivity contribution in [1.29, 1.82) is 0 Å². The minimum absolute atomic E-state index is 0.127. The molecule has 0 unspecified atom stereocenters. The van der Waals surface area contributed by atoms with Gasteiger partial charge in [0, 0.05) is 6.07 Å². The molecule has 0 heterocycles. The zero-order valence-electron chi connectivity index (χ0n) is 9.94. The van der Waals surface area contributed by atoms with Crippen LogP contribution in [0.2, 0.25) is 5.02 Å². The van der Waals surface area contributed by atoms with Gasteiger partial charge in [-0.3, -0.25) is 4.72 Å². The van der Waals surface area contributed by atoms with Gasteiger partial charge in [0.2, 0.25) is 10.0 Å². The molecule has 2 rings (SSSR count). The van der Waals surface area contributed by atoms with Crippen LogP contribution in [0.25, 0.3) is 0 Å². The van der Waals surface area contributed by atoms with Crippen LogP contribution in [0.15, 0.2) is 12.1 Å². The quantitative estimate of drug-likeness (QED) is 0.865. The summed E-state index contributed by atoms with van der Waals surface area (Å²) in [5.74, 6) is -1.61. The number of esters is 1. The molecule has 104 valence electrons. The number of sulfonamides is 1.